The van der Waals surface area contributed by atoms with Crippen LogP contribution in [0.5, 0.6) is 0 Å². The van der Waals surface area contributed by atoms with Gasteiger partial charge in [-0.3, -0.25) is 4.98 Å². The first kappa shape index (κ1) is 21.2. The number of anilines is 1. The number of hydrogen-bond acceptors (Lipinski definition) is 3. The smallest absolute Gasteiger partial charge is 0.174 e. The Morgan fingerprint density at radius 2 is 1.88 bits per heavy atom. The van der Waals surface area contributed by atoms with Crippen LogP contribution in [0.3, 0.4) is 0 Å². The van der Waals surface area contributed by atoms with E-state index in [1.54, 1.807) is 6.20 Å². The van der Waals surface area contributed by atoms with E-state index in [0.29, 0.717) is 10.1 Å². The molecule has 0 spiro atoms. The molecule has 160 valence electrons. The molecule has 32 heavy (non-hydrogen) atoms. The minimum absolute atomic E-state index is 0.159. The maximum atomic E-state index is 6.39. The molecule has 0 bridgehead atoms. The van der Waals surface area contributed by atoms with E-state index < -0.39 is 0 Å². The van der Waals surface area contributed by atoms with Crippen molar-refractivity contribution in [1.82, 2.24) is 10.3 Å². The van der Waals surface area contributed by atoms with E-state index >= 15 is 0 Å². The molecule has 3 heterocycles. The molecule has 1 aliphatic heterocycles. The molecule has 0 amide bonds. The van der Waals surface area contributed by atoms with Gasteiger partial charge < -0.3 is 14.6 Å². The number of halogens is 2. The van der Waals surface area contributed by atoms with Gasteiger partial charge in [-0.2, -0.15) is 0 Å². The molecule has 4 nitrogen and oxygen atoms in total. The van der Waals surface area contributed by atoms with Crippen molar-refractivity contribution in [3.05, 3.63) is 106 Å². The SMILES string of the molecule is Cc1ccc(-c2ccc(C3C(c4ccccn4)NC(=S)N3c3ccc(Br)cc3)o2)cc1Cl. The first-order valence-electron chi connectivity index (χ1n) is 10.1. The second-order valence-electron chi connectivity index (χ2n) is 7.64. The van der Waals surface area contributed by atoms with Crippen LogP contribution in [-0.2, 0) is 0 Å². The van der Waals surface area contributed by atoms with Gasteiger partial charge in [0.25, 0.3) is 0 Å². The van der Waals surface area contributed by atoms with Crippen molar-refractivity contribution in [2.75, 3.05) is 4.90 Å². The summed E-state index contributed by atoms with van der Waals surface area (Å²) in [6.45, 7) is 1.98. The summed E-state index contributed by atoms with van der Waals surface area (Å²) in [7, 11) is 0. The Labute approximate surface area is 205 Å². The Hall–Kier alpha value is -2.67. The van der Waals surface area contributed by atoms with Gasteiger partial charge in [0, 0.05) is 26.9 Å². The molecule has 2 atom stereocenters. The molecule has 2 aromatic carbocycles. The van der Waals surface area contributed by atoms with Crippen molar-refractivity contribution in [3.63, 3.8) is 0 Å². The summed E-state index contributed by atoms with van der Waals surface area (Å²) in [5.41, 5.74) is 3.84. The topological polar surface area (TPSA) is 41.3 Å². The zero-order chi connectivity index (χ0) is 22.2. The third-order valence-corrected chi connectivity index (χ3v) is 6.83. The zero-order valence-corrected chi connectivity index (χ0v) is 20.3. The summed E-state index contributed by atoms with van der Waals surface area (Å²) in [6, 6.07) is 23.5. The highest BCUT2D eigenvalue weighted by atomic mass is 79.9. The fourth-order valence-corrected chi connectivity index (χ4v) is 4.73. The monoisotopic (exact) mass is 523 g/mol. The lowest BCUT2D eigenvalue weighted by atomic mass is 10.0. The third-order valence-electron chi connectivity index (χ3n) is 5.58. The Morgan fingerprint density at radius 1 is 1.06 bits per heavy atom. The number of benzene rings is 2. The van der Waals surface area contributed by atoms with E-state index in [0.717, 1.165) is 38.5 Å². The summed E-state index contributed by atoms with van der Waals surface area (Å²) in [5, 5.41) is 4.79. The molecule has 1 N–H and O–H groups in total. The first-order valence-corrected chi connectivity index (χ1v) is 11.7. The molecule has 1 saturated heterocycles. The Balaban J connectivity index is 1.59. The number of furan rings is 1. The maximum absolute atomic E-state index is 6.39. The second kappa shape index (κ2) is 8.70. The van der Waals surface area contributed by atoms with Crippen molar-refractivity contribution >= 4 is 50.5 Å². The summed E-state index contributed by atoms with van der Waals surface area (Å²) < 4.78 is 7.40. The maximum Gasteiger partial charge on any atom is 0.174 e. The molecule has 2 unspecified atom stereocenters. The Morgan fingerprint density at radius 3 is 2.59 bits per heavy atom. The van der Waals surface area contributed by atoms with E-state index in [4.69, 9.17) is 28.2 Å². The summed E-state index contributed by atoms with van der Waals surface area (Å²) in [5.74, 6) is 1.55. The molecule has 0 radical (unpaired) electrons. The van der Waals surface area contributed by atoms with Crippen molar-refractivity contribution in [2.24, 2.45) is 0 Å². The highest BCUT2D eigenvalue weighted by molar-refractivity contribution is 9.10. The fourth-order valence-electron chi connectivity index (χ4n) is 3.94. The summed E-state index contributed by atoms with van der Waals surface area (Å²) >= 11 is 15.6. The van der Waals surface area contributed by atoms with Crippen LogP contribution in [0.2, 0.25) is 5.02 Å². The zero-order valence-electron chi connectivity index (χ0n) is 17.1. The van der Waals surface area contributed by atoms with Gasteiger partial charge in [-0.25, -0.2) is 0 Å². The van der Waals surface area contributed by atoms with Crippen LogP contribution < -0.4 is 10.2 Å². The Bertz CT molecular complexity index is 1280. The van der Waals surface area contributed by atoms with Gasteiger partial charge in [-0.05, 0) is 79.3 Å². The quantitative estimate of drug-likeness (QED) is 0.285. The van der Waals surface area contributed by atoms with E-state index in [9.17, 15) is 0 Å². The molecule has 7 heteroatoms. The lowest BCUT2D eigenvalue weighted by molar-refractivity contribution is 0.439. The van der Waals surface area contributed by atoms with Crippen LogP contribution in [0.4, 0.5) is 5.69 Å². The number of nitrogens with one attached hydrogen (secondary N) is 1. The molecule has 0 saturated carbocycles. The number of thiocarbonyl (C=S) groups is 1. The van der Waals surface area contributed by atoms with Gasteiger partial charge >= 0.3 is 0 Å². The van der Waals surface area contributed by atoms with Crippen molar-refractivity contribution in [2.45, 2.75) is 19.0 Å². The van der Waals surface area contributed by atoms with Crippen LogP contribution in [0.1, 0.15) is 29.1 Å². The van der Waals surface area contributed by atoms with E-state index in [2.05, 4.69) is 31.1 Å². The van der Waals surface area contributed by atoms with Crippen LogP contribution in [-0.4, -0.2) is 10.1 Å². The van der Waals surface area contributed by atoms with Crippen LogP contribution in [0.25, 0.3) is 11.3 Å². The van der Waals surface area contributed by atoms with Crippen molar-refractivity contribution in [3.8, 4) is 11.3 Å². The minimum Gasteiger partial charge on any atom is -0.459 e. The number of nitrogens with zero attached hydrogens (tertiary/aromatic N) is 2. The second-order valence-corrected chi connectivity index (χ2v) is 9.35. The van der Waals surface area contributed by atoms with Crippen LogP contribution in [0, 0.1) is 6.92 Å². The Kier molecular flexibility index (Phi) is 5.76. The minimum atomic E-state index is -0.201. The largest absolute Gasteiger partial charge is 0.459 e. The molecule has 5 rings (SSSR count). The molecular weight excluding hydrogens is 506 g/mol. The van der Waals surface area contributed by atoms with Crippen LogP contribution in [0.15, 0.2) is 87.9 Å². The number of rotatable bonds is 4. The number of aromatic nitrogens is 1. The van der Waals surface area contributed by atoms with E-state index in [1.807, 2.05) is 79.7 Å². The van der Waals surface area contributed by atoms with Gasteiger partial charge in [0.2, 0.25) is 0 Å². The highest BCUT2D eigenvalue weighted by Gasteiger charge is 2.42. The van der Waals surface area contributed by atoms with Crippen molar-refractivity contribution in [1.29, 1.82) is 0 Å². The van der Waals surface area contributed by atoms with E-state index in [1.165, 1.54) is 0 Å². The predicted octanol–water partition coefficient (Wildman–Crippen LogP) is 7.24. The molecule has 1 aliphatic rings. The average molecular weight is 525 g/mol. The van der Waals surface area contributed by atoms with Gasteiger partial charge in [0.1, 0.15) is 17.6 Å². The fraction of sp³-hybridized carbons (Fsp3) is 0.120. The molecule has 2 aromatic heterocycles. The molecule has 4 aromatic rings. The summed E-state index contributed by atoms with van der Waals surface area (Å²) in [6.07, 6.45) is 1.79. The van der Waals surface area contributed by atoms with Gasteiger partial charge in [-0.1, -0.05) is 45.7 Å². The standard InChI is InChI=1S/C25H19BrClN3OS/c1-15-5-6-16(14-19(15)27)21-11-12-22(31-21)24-23(20-4-2-3-13-28-20)29-25(32)30(24)18-9-7-17(26)8-10-18/h2-14,23-24H,1H3,(H,29,32). The molecular formula is C25H19BrClN3OS. The summed E-state index contributed by atoms with van der Waals surface area (Å²) in [4.78, 5) is 6.67. The van der Waals surface area contributed by atoms with Crippen LogP contribution >= 0.6 is 39.7 Å². The van der Waals surface area contributed by atoms with Crippen molar-refractivity contribution < 1.29 is 4.42 Å². The molecule has 1 fully saturated rings. The van der Waals surface area contributed by atoms with Gasteiger partial charge in [0.15, 0.2) is 5.11 Å². The first-order chi connectivity index (χ1) is 15.5. The van der Waals surface area contributed by atoms with E-state index in [-0.39, 0.29) is 12.1 Å². The third kappa shape index (κ3) is 3.94. The van der Waals surface area contributed by atoms with Gasteiger partial charge in [-0.15, -0.1) is 0 Å². The lowest BCUT2D eigenvalue weighted by Crippen LogP contribution is -2.29. The number of pyridine rings is 1. The molecule has 0 aliphatic carbocycles. The lowest BCUT2D eigenvalue weighted by Gasteiger charge is -2.26. The van der Waals surface area contributed by atoms with Gasteiger partial charge in [0.05, 0.1) is 11.7 Å². The normalized spacial score (nSPS) is 18.1. The highest BCUT2D eigenvalue weighted by Crippen LogP contribution is 2.43. The number of hydrogen-bond donors (Lipinski definition) is 1. The average Bonchev–Trinajstić information content (AvgIpc) is 3.41. The predicted molar refractivity (Wildman–Crippen MR) is 136 cm³/mol. The number of aryl methyl sites for hydroxylation is 1.